The zero-order valence-corrected chi connectivity index (χ0v) is 10.5. The number of hydrogen-bond acceptors (Lipinski definition) is 3. The first kappa shape index (κ1) is 13.1. The fourth-order valence-corrected chi connectivity index (χ4v) is 1.52. The molecule has 0 fully saturated rings. The third-order valence-electron chi connectivity index (χ3n) is 2.42. The molecule has 1 heterocycles. The van der Waals surface area contributed by atoms with Crippen LogP contribution in [0, 0.1) is 11.8 Å². The summed E-state index contributed by atoms with van der Waals surface area (Å²) in [6.45, 7) is 0.525. The van der Waals surface area contributed by atoms with Gasteiger partial charge >= 0.3 is 0 Å². The van der Waals surface area contributed by atoms with E-state index in [1.54, 1.807) is 6.20 Å². The Hall–Kier alpha value is -2.31. The molecule has 1 aromatic carbocycles. The average Bonchev–Trinajstić information content (AvgIpc) is 2.47. The lowest BCUT2D eigenvalue weighted by Gasteiger charge is -2.05. The highest BCUT2D eigenvalue weighted by Gasteiger charge is 1.97. The van der Waals surface area contributed by atoms with E-state index in [2.05, 4.69) is 16.8 Å². The zero-order valence-electron chi connectivity index (χ0n) is 10.5. The van der Waals surface area contributed by atoms with Gasteiger partial charge in [-0.1, -0.05) is 24.0 Å². The van der Waals surface area contributed by atoms with Gasteiger partial charge in [0.05, 0.1) is 12.3 Å². The van der Waals surface area contributed by atoms with Crippen molar-refractivity contribution in [3.63, 3.8) is 0 Å². The van der Waals surface area contributed by atoms with Gasteiger partial charge in [0.2, 0.25) is 0 Å². The lowest BCUT2D eigenvalue weighted by Crippen LogP contribution is -1.97. The first-order valence-electron chi connectivity index (χ1n) is 6.11. The van der Waals surface area contributed by atoms with Crippen molar-refractivity contribution in [2.24, 2.45) is 0 Å². The monoisotopic (exact) mass is 253 g/mol. The second-order valence-corrected chi connectivity index (χ2v) is 3.91. The molecular formula is C16H15NO2. The molecule has 3 nitrogen and oxygen atoms in total. The molecule has 0 spiro atoms. The highest BCUT2D eigenvalue weighted by atomic mass is 16.5. The topological polar surface area (TPSA) is 42.4 Å². The Bertz CT molecular complexity index is 570. The maximum absolute atomic E-state index is 8.68. The summed E-state index contributed by atoms with van der Waals surface area (Å²) in [5.74, 6) is 6.63. The van der Waals surface area contributed by atoms with Gasteiger partial charge in [0.15, 0.2) is 0 Å². The summed E-state index contributed by atoms with van der Waals surface area (Å²) in [7, 11) is 0. The van der Waals surface area contributed by atoms with Gasteiger partial charge in [-0.2, -0.15) is 0 Å². The number of pyridine rings is 1. The summed E-state index contributed by atoms with van der Waals surface area (Å²) >= 11 is 0. The van der Waals surface area contributed by atoms with Crippen LogP contribution in [0.3, 0.4) is 0 Å². The average molecular weight is 253 g/mol. The molecule has 0 aliphatic carbocycles. The van der Waals surface area contributed by atoms with Gasteiger partial charge in [-0.05, 0) is 30.3 Å². The maximum atomic E-state index is 8.68. The molecule has 2 rings (SSSR count). The van der Waals surface area contributed by atoms with Crippen LogP contribution < -0.4 is 4.74 Å². The molecule has 0 saturated heterocycles. The van der Waals surface area contributed by atoms with Crippen molar-refractivity contribution in [2.75, 3.05) is 6.61 Å². The van der Waals surface area contributed by atoms with Gasteiger partial charge in [0.1, 0.15) is 12.4 Å². The molecule has 96 valence electrons. The smallest absolute Gasteiger partial charge is 0.130 e. The minimum atomic E-state index is 0.0862. The van der Waals surface area contributed by atoms with Crippen LogP contribution in [0.25, 0.3) is 0 Å². The second-order valence-electron chi connectivity index (χ2n) is 3.91. The lowest BCUT2D eigenvalue weighted by molar-refractivity contribution is 0.301. The molecule has 0 bridgehead atoms. The Morgan fingerprint density at radius 2 is 2.11 bits per heavy atom. The van der Waals surface area contributed by atoms with E-state index in [0.29, 0.717) is 13.0 Å². The Morgan fingerprint density at radius 3 is 2.89 bits per heavy atom. The summed E-state index contributed by atoms with van der Waals surface area (Å²) in [6.07, 6.45) is 2.23. The van der Waals surface area contributed by atoms with Crippen molar-refractivity contribution in [1.82, 2.24) is 4.98 Å². The minimum absolute atomic E-state index is 0.0862. The van der Waals surface area contributed by atoms with E-state index in [1.807, 2.05) is 42.5 Å². The molecule has 0 atom stereocenters. The Labute approximate surface area is 112 Å². The number of rotatable bonds is 4. The minimum Gasteiger partial charge on any atom is -0.487 e. The normalized spacial score (nSPS) is 9.53. The van der Waals surface area contributed by atoms with E-state index in [0.717, 1.165) is 17.0 Å². The Balaban J connectivity index is 1.98. The van der Waals surface area contributed by atoms with Crippen molar-refractivity contribution < 1.29 is 9.84 Å². The predicted molar refractivity (Wildman–Crippen MR) is 73.6 cm³/mol. The SMILES string of the molecule is OCCC#Cc1cccc(OCc2ccccn2)c1. The number of aliphatic hydroxyl groups is 1. The summed E-state index contributed by atoms with van der Waals surface area (Å²) in [5.41, 5.74) is 1.77. The van der Waals surface area contributed by atoms with Crippen LogP contribution in [-0.2, 0) is 6.61 Å². The molecule has 1 N–H and O–H groups in total. The molecule has 0 aliphatic rings. The quantitative estimate of drug-likeness (QED) is 0.851. The molecule has 2 aromatic rings. The summed E-state index contributed by atoms with van der Waals surface area (Å²) in [4.78, 5) is 4.20. The number of aromatic nitrogens is 1. The first-order chi connectivity index (χ1) is 9.38. The van der Waals surface area contributed by atoms with E-state index in [1.165, 1.54) is 0 Å². The number of nitrogens with zero attached hydrogens (tertiary/aromatic N) is 1. The van der Waals surface area contributed by atoms with Crippen LogP contribution in [0.1, 0.15) is 17.7 Å². The second kappa shape index (κ2) is 7.20. The lowest BCUT2D eigenvalue weighted by atomic mass is 10.2. The molecule has 0 radical (unpaired) electrons. The first-order valence-corrected chi connectivity index (χ1v) is 6.11. The molecule has 0 unspecified atom stereocenters. The van der Waals surface area contributed by atoms with Gasteiger partial charge in [0, 0.05) is 18.2 Å². The van der Waals surface area contributed by atoms with Crippen LogP contribution in [0.15, 0.2) is 48.7 Å². The third-order valence-corrected chi connectivity index (χ3v) is 2.42. The number of hydrogen-bond donors (Lipinski definition) is 1. The molecule has 0 amide bonds. The van der Waals surface area contributed by atoms with Crippen LogP contribution in [-0.4, -0.2) is 16.7 Å². The van der Waals surface area contributed by atoms with E-state index in [9.17, 15) is 0 Å². The third kappa shape index (κ3) is 4.46. The van der Waals surface area contributed by atoms with Crippen LogP contribution >= 0.6 is 0 Å². The van der Waals surface area contributed by atoms with Crippen molar-refractivity contribution in [3.8, 4) is 17.6 Å². The van der Waals surface area contributed by atoms with Gasteiger partial charge in [0.25, 0.3) is 0 Å². The van der Waals surface area contributed by atoms with Crippen molar-refractivity contribution >= 4 is 0 Å². The van der Waals surface area contributed by atoms with Crippen LogP contribution in [0.4, 0.5) is 0 Å². The highest BCUT2D eigenvalue weighted by molar-refractivity contribution is 5.39. The largest absolute Gasteiger partial charge is 0.487 e. The van der Waals surface area contributed by atoms with E-state index >= 15 is 0 Å². The molecule has 3 heteroatoms. The summed E-state index contributed by atoms with van der Waals surface area (Å²) < 4.78 is 5.66. The molecule has 19 heavy (non-hydrogen) atoms. The van der Waals surface area contributed by atoms with Crippen LogP contribution in [0.2, 0.25) is 0 Å². The molecular weight excluding hydrogens is 238 g/mol. The fourth-order valence-electron chi connectivity index (χ4n) is 1.52. The van der Waals surface area contributed by atoms with Gasteiger partial charge in [-0.3, -0.25) is 4.98 Å². The van der Waals surface area contributed by atoms with E-state index in [4.69, 9.17) is 9.84 Å². The fraction of sp³-hybridized carbons (Fsp3) is 0.188. The van der Waals surface area contributed by atoms with Gasteiger partial charge in [-0.15, -0.1) is 0 Å². The molecule has 0 saturated carbocycles. The number of aliphatic hydroxyl groups excluding tert-OH is 1. The predicted octanol–water partition coefficient (Wildman–Crippen LogP) is 2.39. The van der Waals surface area contributed by atoms with Crippen molar-refractivity contribution in [1.29, 1.82) is 0 Å². The summed E-state index contributed by atoms with van der Waals surface area (Å²) in [5, 5.41) is 8.68. The number of ether oxygens (including phenoxy) is 1. The molecule has 0 aliphatic heterocycles. The van der Waals surface area contributed by atoms with E-state index < -0.39 is 0 Å². The van der Waals surface area contributed by atoms with E-state index in [-0.39, 0.29) is 6.61 Å². The summed E-state index contributed by atoms with van der Waals surface area (Å²) in [6, 6.07) is 13.3. The number of benzene rings is 1. The maximum Gasteiger partial charge on any atom is 0.130 e. The highest BCUT2D eigenvalue weighted by Crippen LogP contribution is 2.14. The van der Waals surface area contributed by atoms with Gasteiger partial charge in [-0.25, -0.2) is 0 Å². The zero-order chi connectivity index (χ0) is 13.3. The molecule has 1 aromatic heterocycles. The van der Waals surface area contributed by atoms with Crippen LogP contribution in [0.5, 0.6) is 5.75 Å². The van der Waals surface area contributed by atoms with Gasteiger partial charge < -0.3 is 9.84 Å². The standard InChI is InChI=1S/C16H15NO2/c18-11-4-2-6-14-7-5-9-16(12-14)19-13-15-8-1-3-10-17-15/h1,3,5,7-10,12,18H,4,11,13H2. The Morgan fingerprint density at radius 1 is 1.16 bits per heavy atom. The van der Waals surface area contributed by atoms with Crippen molar-refractivity contribution in [2.45, 2.75) is 13.0 Å². The Kier molecular flexibility index (Phi) is 4.97. The van der Waals surface area contributed by atoms with Crippen molar-refractivity contribution in [3.05, 3.63) is 59.9 Å².